The van der Waals surface area contributed by atoms with Crippen molar-refractivity contribution in [3.05, 3.63) is 30.3 Å². The van der Waals surface area contributed by atoms with Crippen LogP contribution in [0, 0.1) is 0 Å². The van der Waals surface area contributed by atoms with Gasteiger partial charge in [-0.3, -0.25) is 0 Å². The van der Waals surface area contributed by atoms with Gasteiger partial charge in [-0.2, -0.15) is 0 Å². The quantitative estimate of drug-likeness (QED) is 0.580. The van der Waals surface area contributed by atoms with Gasteiger partial charge in [0, 0.05) is 0 Å². The molecule has 2 fully saturated rings. The Bertz CT molecular complexity index is 395. The van der Waals surface area contributed by atoms with Gasteiger partial charge in [0.2, 0.25) is 0 Å². The van der Waals surface area contributed by atoms with Crippen molar-refractivity contribution in [2.24, 2.45) is 0 Å². The molecule has 0 N–H and O–H groups in total. The minimum absolute atomic E-state index is 0.0929. The monoisotopic (exact) mass is 283 g/mol. The van der Waals surface area contributed by atoms with Crippen molar-refractivity contribution in [3.8, 4) is 0 Å². The summed E-state index contributed by atoms with van der Waals surface area (Å²) in [6.07, 6.45) is 0.681. The molecule has 3 nitrogen and oxygen atoms in total. The van der Waals surface area contributed by atoms with Gasteiger partial charge in [-0.25, -0.2) is 0 Å². The van der Waals surface area contributed by atoms with Gasteiger partial charge < -0.3 is 0 Å². The van der Waals surface area contributed by atoms with Crippen molar-refractivity contribution in [1.82, 2.24) is 4.90 Å². The third-order valence-corrected chi connectivity index (χ3v) is 5.38. The Morgan fingerprint density at radius 1 is 1.31 bits per heavy atom. The van der Waals surface area contributed by atoms with E-state index in [1.807, 2.05) is 11.0 Å². The summed E-state index contributed by atoms with van der Waals surface area (Å²) in [5, 5.41) is 0. The Balaban J connectivity index is 1.62. The van der Waals surface area contributed by atoms with E-state index in [-0.39, 0.29) is 12.1 Å². The molecule has 1 unspecified atom stereocenters. The summed E-state index contributed by atoms with van der Waals surface area (Å²) in [4.78, 5) is 13.7. The third kappa shape index (κ3) is 1.88. The van der Waals surface area contributed by atoms with Crippen LogP contribution in [0.2, 0.25) is 4.82 Å². The number of hydrogen-bond donors (Lipinski definition) is 0. The zero-order valence-corrected chi connectivity index (χ0v) is 10.5. The second-order valence-corrected chi connectivity index (χ2v) is 6.97. The van der Waals surface area contributed by atoms with Gasteiger partial charge in [0.15, 0.2) is 0 Å². The third-order valence-electron chi connectivity index (χ3n) is 2.94. The van der Waals surface area contributed by atoms with E-state index in [1.54, 1.807) is 0 Å². The maximum absolute atomic E-state index is 11.3. The molecule has 2 aliphatic heterocycles. The second-order valence-electron chi connectivity index (χ2n) is 4.09. The SMILES string of the molecule is O=C1C[C@@H]2OCC([Se]c3ccccc3)CN12. The molecule has 0 saturated carbocycles. The molecule has 0 spiro atoms. The Morgan fingerprint density at radius 3 is 2.88 bits per heavy atom. The van der Waals surface area contributed by atoms with Crippen molar-refractivity contribution in [3.63, 3.8) is 0 Å². The van der Waals surface area contributed by atoms with Gasteiger partial charge in [-0.05, 0) is 0 Å². The molecule has 0 aliphatic carbocycles. The van der Waals surface area contributed by atoms with E-state index in [0.29, 0.717) is 26.2 Å². The van der Waals surface area contributed by atoms with Crippen LogP contribution >= 0.6 is 0 Å². The number of benzene rings is 1. The molecule has 0 aromatic heterocycles. The van der Waals surface area contributed by atoms with Gasteiger partial charge >= 0.3 is 101 Å². The summed E-state index contributed by atoms with van der Waals surface area (Å²) in [5.41, 5.74) is 0. The standard InChI is InChI=1S/C12H13NO2Se/c14-11-6-12-13(11)7-10(8-15-12)16-9-4-2-1-3-5-9/h1-5,10,12H,6-8H2/t10?,12-/m0/s1. The molecule has 84 valence electrons. The Kier molecular flexibility index (Phi) is 2.72. The van der Waals surface area contributed by atoms with Crippen molar-refractivity contribution < 1.29 is 9.53 Å². The van der Waals surface area contributed by atoms with Gasteiger partial charge in [0.05, 0.1) is 0 Å². The van der Waals surface area contributed by atoms with Crippen LogP contribution in [0.4, 0.5) is 0 Å². The van der Waals surface area contributed by atoms with Crippen LogP contribution in [0.5, 0.6) is 0 Å². The first-order valence-corrected chi connectivity index (χ1v) is 7.30. The van der Waals surface area contributed by atoms with Crippen LogP contribution in [0.1, 0.15) is 6.42 Å². The summed E-state index contributed by atoms with van der Waals surface area (Å²) >= 11 is 0.405. The number of β-lactam (4-membered cyclic amide) rings is 1. The zero-order chi connectivity index (χ0) is 11.0. The molecule has 2 heterocycles. The fourth-order valence-corrected chi connectivity index (χ4v) is 4.31. The Morgan fingerprint density at radius 2 is 2.12 bits per heavy atom. The molecule has 1 aromatic carbocycles. The fraction of sp³-hybridized carbons (Fsp3) is 0.417. The molecule has 4 heteroatoms. The summed E-state index contributed by atoms with van der Waals surface area (Å²) in [6.45, 7) is 1.70. The number of rotatable bonds is 2. The molecule has 2 saturated heterocycles. The number of fused-ring (bicyclic) bond motifs is 1. The van der Waals surface area contributed by atoms with Gasteiger partial charge in [0.25, 0.3) is 0 Å². The summed E-state index contributed by atoms with van der Waals surface area (Å²) in [5.74, 6) is 0.249. The molecule has 1 amide bonds. The maximum atomic E-state index is 11.3. The average molecular weight is 282 g/mol. The van der Waals surface area contributed by atoms with Crippen LogP contribution in [-0.2, 0) is 9.53 Å². The Labute approximate surface area is 101 Å². The number of hydrogen-bond acceptors (Lipinski definition) is 2. The van der Waals surface area contributed by atoms with Gasteiger partial charge in [-0.1, -0.05) is 0 Å². The average Bonchev–Trinajstić information content (AvgIpc) is 2.31. The molecular weight excluding hydrogens is 269 g/mol. The number of ether oxygens (including phenoxy) is 1. The summed E-state index contributed by atoms with van der Waals surface area (Å²) in [6, 6.07) is 10.5. The molecule has 2 atom stereocenters. The minimum atomic E-state index is 0.0929. The van der Waals surface area contributed by atoms with E-state index >= 15 is 0 Å². The molecule has 1 aromatic rings. The number of carbonyl (C=O) groups excluding carboxylic acids is 1. The van der Waals surface area contributed by atoms with Crippen LogP contribution < -0.4 is 4.46 Å². The molecule has 16 heavy (non-hydrogen) atoms. The number of nitrogens with zero attached hydrogens (tertiary/aromatic N) is 1. The normalized spacial score (nSPS) is 28.5. The molecule has 0 radical (unpaired) electrons. The zero-order valence-electron chi connectivity index (χ0n) is 8.83. The van der Waals surface area contributed by atoms with E-state index in [9.17, 15) is 4.79 Å². The number of carbonyl (C=O) groups is 1. The van der Waals surface area contributed by atoms with Crippen LogP contribution in [0.15, 0.2) is 30.3 Å². The first kappa shape index (κ1) is 10.3. The van der Waals surface area contributed by atoms with E-state index in [2.05, 4.69) is 24.3 Å². The van der Waals surface area contributed by atoms with E-state index in [4.69, 9.17) is 4.74 Å². The molecule has 2 aliphatic rings. The van der Waals surface area contributed by atoms with Crippen molar-refractivity contribution in [2.75, 3.05) is 13.2 Å². The molecule has 0 bridgehead atoms. The fourth-order valence-electron chi connectivity index (χ4n) is 2.05. The Hall–Kier alpha value is -0.831. The van der Waals surface area contributed by atoms with Crippen molar-refractivity contribution in [1.29, 1.82) is 0 Å². The molecular formula is C12H13NO2Se. The van der Waals surface area contributed by atoms with Gasteiger partial charge in [0.1, 0.15) is 0 Å². The van der Waals surface area contributed by atoms with E-state index in [1.165, 1.54) is 4.46 Å². The van der Waals surface area contributed by atoms with Crippen LogP contribution in [-0.4, -0.2) is 45.1 Å². The first-order valence-electron chi connectivity index (χ1n) is 5.46. The number of amides is 1. The van der Waals surface area contributed by atoms with Crippen LogP contribution in [0.25, 0.3) is 0 Å². The topological polar surface area (TPSA) is 29.5 Å². The van der Waals surface area contributed by atoms with E-state index < -0.39 is 0 Å². The predicted octanol–water partition coefficient (Wildman–Crippen LogP) is 0.393. The van der Waals surface area contributed by atoms with E-state index in [0.717, 1.165) is 13.2 Å². The van der Waals surface area contributed by atoms with Crippen molar-refractivity contribution in [2.45, 2.75) is 17.5 Å². The van der Waals surface area contributed by atoms with Crippen molar-refractivity contribution >= 4 is 25.3 Å². The molecule has 3 rings (SSSR count). The predicted molar refractivity (Wildman–Crippen MR) is 61.7 cm³/mol. The van der Waals surface area contributed by atoms with Crippen LogP contribution in [0.3, 0.4) is 0 Å². The first-order chi connectivity index (χ1) is 7.83. The summed E-state index contributed by atoms with van der Waals surface area (Å²) in [7, 11) is 0. The summed E-state index contributed by atoms with van der Waals surface area (Å²) < 4.78 is 7.04. The second kappa shape index (κ2) is 4.21. The van der Waals surface area contributed by atoms with Gasteiger partial charge in [-0.15, -0.1) is 0 Å².